The summed E-state index contributed by atoms with van der Waals surface area (Å²) in [6.45, 7) is 7.46. The Kier molecular flexibility index (Phi) is 2.77. The van der Waals surface area contributed by atoms with Crippen LogP contribution in [-0.2, 0) is 11.8 Å². The highest BCUT2D eigenvalue weighted by molar-refractivity contribution is 7.18. The van der Waals surface area contributed by atoms with Crippen LogP contribution in [0.3, 0.4) is 0 Å². The normalized spacial score (nSPS) is 17.1. The van der Waals surface area contributed by atoms with E-state index in [-0.39, 0.29) is 5.41 Å². The smallest absolute Gasteiger partial charge is 0.138 e. The molecule has 0 aliphatic heterocycles. The molecule has 0 radical (unpaired) electrons. The van der Waals surface area contributed by atoms with Gasteiger partial charge in [-0.3, -0.25) is 0 Å². The van der Waals surface area contributed by atoms with Gasteiger partial charge < -0.3 is 5.32 Å². The molecule has 1 N–H and O–H groups in total. The summed E-state index contributed by atoms with van der Waals surface area (Å²) in [5.41, 5.74) is 0.231. The van der Waals surface area contributed by atoms with E-state index in [0.29, 0.717) is 0 Å². The summed E-state index contributed by atoms with van der Waals surface area (Å²) in [5.74, 6) is 2.04. The molecule has 0 saturated heterocycles. The third-order valence-electron chi connectivity index (χ3n) is 3.68. The largest absolute Gasteiger partial charge is 0.370 e. The highest BCUT2D eigenvalue weighted by Crippen LogP contribution is 2.47. The number of aryl methyl sites for hydroxylation is 1. The fraction of sp³-hybridized carbons (Fsp3) is 0.571. The average molecular weight is 261 g/mol. The number of nitrogens with one attached hydrogen (secondary N) is 1. The van der Waals surface area contributed by atoms with Crippen LogP contribution in [0, 0.1) is 0 Å². The topological polar surface area (TPSA) is 37.8 Å². The standard InChI is InChI=1S/C14H19N3S/c1-4-9-8-10-11(15-5-2)16-13(14(3)6-7-14)17-12(10)18-9/h8H,4-7H2,1-3H3,(H,15,16,17). The number of nitrogens with zero attached hydrogens (tertiary/aromatic N) is 2. The maximum atomic E-state index is 4.79. The minimum absolute atomic E-state index is 0.231. The monoisotopic (exact) mass is 261 g/mol. The van der Waals surface area contributed by atoms with E-state index in [1.165, 1.54) is 23.1 Å². The molecule has 1 saturated carbocycles. The molecule has 96 valence electrons. The molecule has 0 unspecified atom stereocenters. The molecule has 0 spiro atoms. The van der Waals surface area contributed by atoms with E-state index >= 15 is 0 Å². The van der Waals surface area contributed by atoms with E-state index < -0.39 is 0 Å². The van der Waals surface area contributed by atoms with Gasteiger partial charge in [0.25, 0.3) is 0 Å². The van der Waals surface area contributed by atoms with Crippen LogP contribution in [0.25, 0.3) is 10.2 Å². The van der Waals surface area contributed by atoms with Gasteiger partial charge in [0.15, 0.2) is 0 Å². The number of hydrogen-bond donors (Lipinski definition) is 1. The Morgan fingerprint density at radius 3 is 2.72 bits per heavy atom. The number of thiophene rings is 1. The SMILES string of the molecule is CCNc1nc(C2(C)CC2)nc2sc(CC)cc12. The molecule has 1 aliphatic carbocycles. The van der Waals surface area contributed by atoms with Gasteiger partial charge in [0, 0.05) is 16.8 Å². The Morgan fingerprint density at radius 2 is 2.11 bits per heavy atom. The minimum Gasteiger partial charge on any atom is -0.370 e. The van der Waals surface area contributed by atoms with Crippen molar-refractivity contribution >= 4 is 27.4 Å². The summed E-state index contributed by atoms with van der Waals surface area (Å²) < 4.78 is 0. The van der Waals surface area contributed by atoms with Crippen LogP contribution in [0.5, 0.6) is 0 Å². The molecule has 3 nitrogen and oxygen atoms in total. The van der Waals surface area contributed by atoms with E-state index in [4.69, 9.17) is 9.97 Å². The second kappa shape index (κ2) is 4.19. The van der Waals surface area contributed by atoms with Crippen molar-refractivity contribution in [3.63, 3.8) is 0 Å². The molecule has 0 atom stereocenters. The van der Waals surface area contributed by atoms with Crippen LogP contribution < -0.4 is 5.32 Å². The first-order chi connectivity index (χ1) is 8.66. The average Bonchev–Trinajstić information content (AvgIpc) is 2.97. The molecular formula is C14H19N3S. The lowest BCUT2D eigenvalue weighted by atomic mass is 10.1. The van der Waals surface area contributed by atoms with Crippen LogP contribution >= 0.6 is 11.3 Å². The van der Waals surface area contributed by atoms with Crippen LogP contribution in [0.4, 0.5) is 5.82 Å². The van der Waals surface area contributed by atoms with Gasteiger partial charge in [-0.15, -0.1) is 11.3 Å². The van der Waals surface area contributed by atoms with Gasteiger partial charge >= 0.3 is 0 Å². The van der Waals surface area contributed by atoms with Gasteiger partial charge in [-0.1, -0.05) is 13.8 Å². The van der Waals surface area contributed by atoms with Crippen LogP contribution in [0.15, 0.2) is 6.07 Å². The first kappa shape index (κ1) is 11.9. The van der Waals surface area contributed by atoms with Crippen LogP contribution in [-0.4, -0.2) is 16.5 Å². The molecule has 2 aromatic rings. The van der Waals surface area contributed by atoms with Crippen molar-refractivity contribution in [1.29, 1.82) is 0 Å². The number of rotatable bonds is 4. The molecule has 1 aliphatic rings. The maximum Gasteiger partial charge on any atom is 0.138 e. The fourth-order valence-corrected chi connectivity index (χ4v) is 3.10. The Labute approximate surface area is 112 Å². The van der Waals surface area contributed by atoms with Gasteiger partial charge in [-0.05, 0) is 32.3 Å². The predicted molar refractivity (Wildman–Crippen MR) is 77.5 cm³/mol. The number of aromatic nitrogens is 2. The first-order valence-corrected chi connectivity index (χ1v) is 7.52. The van der Waals surface area contributed by atoms with Gasteiger partial charge in [0.1, 0.15) is 16.5 Å². The molecule has 18 heavy (non-hydrogen) atoms. The zero-order chi connectivity index (χ0) is 12.8. The van der Waals surface area contributed by atoms with E-state index in [1.807, 2.05) is 0 Å². The zero-order valence-electron chi connectivity index (χ0n) is 11.2. The maximum absolute atomic E-state index is 4.79. The van der Waals surface area contributed by atoms with E-state index in [9.17, 15) is 0 Å². The summed E-state index contributed by atoms with van der Waals surface area (Å²) in [4.78, 5) is 12.1. The fourth-order valence-electron chi connectivity index (χ4n) is 2.13. The Morgan fingerprint density at radius 1 is 1.33 bits per heavy atom. The summed E-state index contributed by atoms with van der Waals surface area (Å²) in [7, 11) is 0. The highest BCUT2D eigenvalue weighted by atomic mass is 32.1. The van der Waals surface area contributed by atoms with E-state index in [0.717, 1.165) is 29.4 Å². The summed E-state index contributed by atoms with van der Waals surface area (Å²) in [5, 5.41) is 4.57. The number of fused-ring (bicyclic) bond motifs is 1. The number of hydrogen-bond acceptors (Lipinski definition) is 4. The van der Waals surface area contributed by atoms with Crippen LogP contribution in [0.2, 0.25) is 0 Å². The second-order valence-electron chi connectivity index (χ2n) is 5.27. The molecule has 0 amide bonds. The van der Waals surface area contributed by atoms with Gasteiger partial charge in [-0.2, -0.15) is 0 Å². The predicted octanol–water partition coefficient (Wildman–Crippen LogP) is 3.74. The molecule has 0 aromatic carbocycles. The highest BCUT2D eigenvalue weighted by Gasteiger charge is 2.42. The Bertz CT molecular complexity index is 584. The van der Waals surface area contributed by atoms with Gasteiger partial charge in [0.2, 0.25) is 0 Å². The third kappa shape index (κ3) is 1.88. The summed E-state index contributed by atoms with van der Waals surface area (Å²) >= 11 is 1.80. The third-order valence-corrected chi connectivity index (χ3v) is 4.85. The lowest BCUT2D eigenvalue weighted by Gasteiger charge is -2.10. The van der Waals surface area contributed by atoms with Crippen molar-refractivity contribution < 1.29 is 0 Å². The summed E-state index contributed by atoms with van der Waals surface area (Å²) in [6, 6.07) is 2.23. The molecule has 4 heteroatoms. The van der Waals surface area contributed by atoms with Gasteiger partial charge in [-0.25, -0.2) is 9.97 Å². The van der Waals surface area contributed by atoms with Crippen molar-refractivity contribution in [3.05, 3.63) is 16.8 Å². The molecule has 2 aromatic heterocycles. The molecule has 1 fully saturated rings. The minimum atomic E-state index is 0.231. The Balaban J connectivity index is 2.16. The molecule has 2 heterocycles. The summed E-state index contributed by atoms with van der Waals surface area (Å²) in [6.07, 6.45) is 3.51. The second-order valence-corrected chi connectivity index (χ2v) is 6.39. The van der Waals surface area contributed by atoms with Gasteiger partial charge in [0.05, 0.1) is 5.39 Å². The Hall–Kier alpha value is -1.16. The zero-order valence-corrected chi connectivity index (χ0v) is 12.0. The van der Waals surface area contributed by atoms with Crippen LogP contribution in [0.1, 0.15) is 44.3 Å². The number of anilines is 1. The quantitative estimate of drug-likeness (QED) is 0.911. The lowest BCUT2D eigenvalue weighted by Crippen LogP contribution is -2.10. The first-order valence-electron chi connectivity index (χ1n) is 6.71. The van der Waals surface area contributed by atoms with Crippen molar-refractivity contribution in [2.24, 2.45) is 0 Å². The molecule has 3 rings (SSSR count). The van der Waals surface area contributed by atoms with Crippen molar-refractivity contribution in [2.75, 3.05) is 11.9 Å². The van der Waals surface area contributed by atoms with E-state index in [2.05, 4.69) is 32.2 Å². The van der Waals surface area contributed by atoms with Crippen molar-refractivity contribution in [3.8, 4) is 0 Å². The molecule has 0 bridgehead atoms. The van der Waals surface area contributed by atoms with Crippen molar-refractivity contribution in [1.82, 2.24) is 9.97 Å². The van der Waals surface area contributed by atoms with E-state index in [1.54, 1.807) is 11.3 Å². The lowest BCUT2D eigenvalue weighted by molar-refractivity contribution is 0.717. The van der Waals surface area contributed by atoms with Crippen molar-refractivity contribution in [2.45, 2.75) is 45.4 Å². The molecular weight excluding hydrogens is 242 g/mol.